The Kier molecular flexibility index (Phi) is 6.15. The molecular formula is C22H29N5O2S. The number of rotatable bonds is 6. The molecule has 0 atom stereocenters. The van der Waals surface area contributed by atoms with E-state index in [1.165, 1.54) is 0 Å². The van der Waals surface area contributed by atoms with Gasteiger partial charge in [-0.25, -0.2) is 14.8 Å². The average molecular weight is 428 g/mol. The summed E-state index contributed by atoms with van der Waals surface area (Å²) in [7, 11) is 1.60. The van der Waals surface area contributed by atoms with Gasteiger partial charge in [0.25, 0.3) is 0 Å². The molecule has 1 aromatic carbocycles. The number of morpholine rings is 1. The van der Waals surface area contributed by atoms with E-state index in [2.05, 4.69) is 35.4 Å². The van der Waals surface area contributed by atoms with Crippen molar-refractivity contribution >= 4 is 29.3 Å². The van der Waals surface area contributed by atoms with Crippen molar-refractivity contribution in [3.8, 4) is 11.4 Å². The van der Waals surface area contributed by atoms with E-state index >= 15 is 0 Å². The third-order valence-corrected chi connectivity index (χ3v) is 6.85. The first-order valence-corrected chi connectivity index (χ1v) is 11.4. The van der Waals surface area contributed by atoms with Gasteiger partial charge in [0.1, 0.15) is 5.82 Å². The zero-order valence-corrected chi connectivity index (χ0v) is 18.6. The molecule has 2 fully saturated rings. The second-order valence-electron chi connectivity index (χ2n) is 7.98. The first-order chi connectivity index (χ1) is 14.5. The van der Waals surface area contributed by atoms with Crippen molar-refractivity contribution in [1.82, 2.24) is 15.3 Å². The molecule has 30 heavy (non-hydrogen) atoms. The number of carbonyl (C=O) groups is 1. The second kappa shape index (κ2) is 8.81. The minimum atomic E-state index is -0.239. The highest BCUT2D eigenvalue weighted by Gasteiger charge is 2.47. The van der Waals surface area contributed by atoms with Gasteiger partial charge in [-0.2, -0.15) is 0 Å². The van der Waals surface area contributed by atoms with Crippen molar-refractivity contribution in [1.29, 1.82) is 0 Å². The minimum Gasteiger partial charge on any atom is -0.378 e. The molecule has 4 rings (SSSR count). The van der Waals surface area contributed by atoms with Crippen LogP contribution in [0.2, 0.25) is 0 Å². The van der Waals surface area contributed by atoms with Crippen molar-refractivity contribution in [2.45, 2.75) is 36.7 Å². The van der Waals surface area contributed by atoms with E-state index in [0.717, 1.165) is 67.7 Å². The lowest BCUT2D eigenvalue weighted by molar-refractivity contribution is 0.122. The Morgan fingerprint density at radius 1 is 1.17 bits per heavy atom. The molecule has 1 aliphatic carbocycles. The van der Waals surface area contributed by atoms with Crippen LogP contribution in [-0.2, 0) is 9.48 Å². The number of nitrogens with zero attached hydrogens (tertiary/aromatic N) is 3. The largest absolute Gasteiger partial charge is 0.378 e. The van der Waals surface area contributed by atoms with Crippen LogP contribution >= 0.6 is 11.8 Å². The monoisotopic (exact) mass is 427 g/mol. The van der Waals surface area contributed by atoms with Crippen molar-refractivity contribution in [2.75, 3.05) is 43.6 Å². The normalized spacial score (nSPS) is 17.7. The van der Waals surface area contributed by atoms with Crippen LogP contribution in [0, 0.1) is 0 Å². The van der Waals surface area contributed by atoms with E-state index in [-0.39, 0.29) is 10.8 Å². The zero-order valence-electron chi connectivity index (χ0n) is 17.8. The third kappa shape index (κ3) is 4.70. The van der Waals surface area contributed by atoms with Gasteiger partial charge < -0.3 is 20.3 Å². The maximum Gasteiger partial charge on any atom is 0.318 e. The molecule has 0 unspecified atom stereocenters. The molecule has 7 nitrogen and oxygen atoms in total. The van der Waals surface area contributed by atoms with Crippen LogP contribution in [0.4, 0.5) is 16.3 Å². The van der Waals surface area contributed by atoms with Crippen LogP contribution in [0.5, 0.6) is 0 Å². The predicted octanol–water partition coefficient (Wildman–Crippen LogP) is 3.86. The maximum atomic E-state index is 11.5. The van der Waals surface area contributed by atoms with Crippen LogP contribution in [0.25, 0.3) is 11.4 Å². The molecule has 0 radical (unpaired) electrons. The Bertz CT molecular complexity index is 893. The van der Waals surface area contributed by atoms with Gasteiger partial charge in [0.05, 0.1) is 23.7 Å². The van der Waals surface area contributed by atoms with Crippen molar-refractivity contribution in [3.63, 3.8) is 0 Å². The zero-order chi connectivity index (χ0) is 21.1. The number of aromatic nitrogens is 2. The summed E-state index contributed by atoms with van der Waals surface area (Å²) < 4.78 is 5.63. The maximum absolute atomic E-state index is 11.5. The Hall–Kier alpha value is -2.32. The molecule has 0 bridgehead atoms. The fourth-order valence-corrected chi connectivity index (χ4v) is 5.11. The molecule has 2 amide bonds. The molecule has 160 valence electrons. The number of nitrogens with one attached hydrogen (secondary N) is 2. The van der Waals surface area contributed by atoms with Crippen LogP contribution in [0.1, 0.15) is 32.4 Å². The lowest BCUT2D eigenvalue weighted by atomic mass is 10.1. The van der Waals surface area contributed by atoms with E-state index in [0.29, 0.717) is 5.25 Å². The Labute approximate surface area is 182 Å². The van der Waals surface area contributed by atoms with Crippen molar-refractivity contribution in [2.24, 2.45) is 0 Å². The summed E-state index contributed by atoms with van der Waals surface area (Å²) in [6, 6.07) is 9.62. The topological polar surface area (TPSA) is 79.4 Å². The highest BCUT2D eigenvalue weighted by atomic mass is 32.2. The SMILES string of the molecule is CNC(=O)Nc1ccc(-c2nc(N3CCOCC3)cc(C3(SC(C)C)CC3)n2)cc1. The molecule has 2 aromatic rings. The van der Waals surface area contributed by atoms with Crippen LogP contribution < -0.4 is 15.5 Å². The molecule has 0 spiro atoms. The number of benzene rings is 1. The smallest absolute Gasteiger partial charge is 0.318 e. The molecule has 1 saturated heterocycles. The molecular weight excluding hydrogens is 398 g/mol. The van der Waals surface area contributed by atoms with Crippen molar-refractivity contribution in [3.05, 3.63) is 36.0 Å². The quantitative estimate of drug-likeness (QED) is 0.729. The van der Waals surface area contributed by atoms with Gasteiger partial charge in [-0.15, -0.1) is 11.8 Å². The molecule has 2 heterocycles. The number of amides is 2. The standard InChI is InChI=1S/C22H29N5O2S/c1-15(2)30-22(8-9-22)18-14-19(27-10-12-29-13-11-27)26-20(25-18)16-4-6-17(7-5-16)24-21(28)23-3/h4-7,14-15H,8-13H2,1-3H3,(H2,23,24,28). The Morgan fingerprint density at radius 3 is 2.47 bits per heavy atom. The third-order valence-electron chi connectivity index (χ3n) is 5.31. The summed E-state index contributed by atoms with van der Waals surface area (Å²) in [5, 5.41) is 5.89. The van der Waals surface area contributed by atoms with Crippen LogP contribution in [0.3, 0.4) is 0 Å². The van der Waals surface area contributed by atoms with E-state index in [4.69, 9.17) is 14.7 Å². The second-order valence-corrected chi connectivity index (χ2v) is 9.94. The summed E-state index contributed by atoms with van der Waals surface area (Å²) in [6.07, 6.45) is 2.31. The predicted molar refractivity (Wildman–Crippen MR) is 122 cm³/mol. The number of anilines is 2. The summed E-state index contributed by atoms with van der Waals surface area (Å²) in [6.45, 7) is 7.62. The Balaban J connectivity index is 1.68. The summed E-state index contributed by atoms with van der Waals surface area (Å²) >= 11 is 2.00. The number of carbonyl (C=O) groups excluding carboxylic acids is 1. The van der Waals surface area contributed by atoms with Gasteiger partial charge in [-0.3, -0.25) is 0 Å². The first-order valence-electron chi connectivity index (χ1n) is 10.5. The lowest BCUT2D eigenvalue weighted by Gasteiger charge is -2.29. The number of urea groups is 1. The van der Waals surface area contributed by atoms with E-state index in [1.54, 1.807) is 7.05 Å². The van der Waals surface area contributed by atoms with Crippen LogP contribution in [-0.4, -0.2) is 54.6 Å². The first kappa shape index (κ1) is 20.9. The van der Waals surface area contributed by atoms with E-state index in [1.807, 2.05) is 36.0 Å². The molecule has 1 aliphatic heterocycles. The summed E-state index contributed by atoms with van der Waals surface area (Å²) in [5.41, 5.74) is 2.80. The van der Waals surface area contributed by atoms with Gasteiger partial charge in [0.2, 0.25) is 0 Å². The lowest BCUT2D eigenvalue weighted by Crippen LogP contribution is -2.37. The number of hydrogen-bond donors (Lipinski definition) is 2. The van der Waals surface area contributed by atoms with Gasteiger partial charge in [-0.1, -0.05) is 13.8 Å². The molecule has 1 saturated carbocycles. The average Bonchev–Trinajstić information content (AvgIpc) is 3.54. The van der Waals surface area contributed by atoms with E-state index < -0.39 is 0 Å². The molecule has 2 N–H and O–H groups in total. The van der Waals surface area contributed by atoms with Gasteiger partial charge in [-0.05, 0) is 42.4 Å². The molecule has 1 aromatic heterocycles. The number of thioether (sulfide) groups is 1. The number of hydrogen-bond acceptors (Lipinski definition) is 6. The number of ether oxygens (including phenoxy) is 1. The van der Waals surface area contributed by atoms with E-state index in [9.17, 15) is 4.79 Å². The molecule has 2 aliphatic rings. The summed E-state index contributed by atoms with van der Waals surface area (Å²) in [5.74, 6) is 1.71. The molecule has 8 heteroatoms. The van der Waals surface area contributed by atoms with Gasteiger partial charge in [0, 0.05) is 37.5 Å². The summed E-state index contributed by atoms with van der Waals surface area (Å²) in [4.78, 5) is 23.7. The fourth-order valence-electron chi connectivity index (χ4n) is 3.65. The fraction of sp³-hybridized carbons (Fsp3) is 0.500. The minimum absolute atomic E-state index is 0.105. The van der Waals surface area contributed by atoms with Crippen molar-refractivity contribution < 1.29 is 9.53 Å². The highest BCUT2D eigenvalue weighted by molar-refractivity contribution is 8.01. The Morgan fingerprint density at radius 2 is 1.87 bits per heavy atom. The van der Waals surface area contributed by atoms with Crippen LogP contribution in [0.15, 0.2) is 30.3 Å². The van der Waals surface area contributed by atoms with Gasteiger partial charge >= 0.3 is 6.03 Å². The van der Waals surface area contributed by atoms with Gasteiger partial charge in [0.15, 0.2) is 5.82 Å². The highest BCUT2D eigenvalue weighted by Crippen LogP contribution is 2.58.